The van der Waals surface area contributed by atoms with E-state index in [2.05, 4.69) is 10.6 Å². The fourth-order valence-corrected chi connectivity index (χ4v) is 6.27. The zero-order chi connectivity index (χ0) is 29.1. The monoisotopic (exact) mass is 612 g/mol. The van der Waals surface area contributed by atoms with Crippen molar-refractivity contribution in [2.75, 3.05) is 12.4 Å². The predicted octanol–water partition coefficient (Wildman–Crippen LogP) is 8.16. The molecule has 3 aromatic carbocycles. The van der Waals surface area contributed by atoms with Crippen molar-refractivity contribution in [3.63, 3.8) is 0 Å². The van der Waals surface area contributed by atoms with Gasteiger partial charge >= 0.3 is 5.97 Å². The van der Waals surface area contributed by atoms with Gasteiger partial charge in [0, 0.05) is 5.02 Å². The van der Waals surface area contributed by atoms with E-state index >= 15 is 0 Å². The summed E-state index contributed by atoms with van der Waals surface area (Å²) < 4.78 is 10.8. The Hall–Kier alpha value is -3.52. The van der Waals surface area contributed by atoms with E-state index in [-0.39, 0.29) is 38.7 Å². The van der Waals surface area contributed by atoms with E-state index in [4.69, 9.17) is 44.0 Å². The summed E-state index contributed by atoms with van der Waals surface area (Å²) in [5.41, 5.74) is 0.871. The largest absolute Gasteiger partial charge is 0.467 e. The van der Waals surface area contributed by atoms with Gasteiger partial charge in [-0.3, -0.25) is 9.59 Å². The minimum absolute atomic E-state index is 0.0174. The molecule has 1 saturated carbocycles. The lowest BCUT2D eigenvalue weighted by Gasteiger charge is -2.29. The molecule has 1 aliphatic carbocycles. The summed E-state index contributed by atoms with van der Waals surface area (Å²) in [6.45, 7) is 0. The van der Waals surface area contributed by atoms with Gasteiger partial charge in [0.1, 0.15) is 11.8 Å². The first-order chi connectivity index (χ1) is 19.7. The first kappa shape index (κ1) is 29.0. The molecule has 10 heteroatoms. The zero-order valence-corrected chi connectivity index (χ0v) is 24.4. The van der Waals surface area contributed by atoms with Gasteiger partial charge in [0.25, 0.3) is 11.8 Å². The maximum absolute atomic E-state index is 13.7. The molecule has 0 aliphatic heterocycles. The molecule has 1 aromatic heterocycles. The van der Waals surface area contributed by atoms with Crippen molar-refractivity contribution in [2.24, 2.45) is 5.92 Å². The van der Waals surface area contributed by atoms with Crippen LogP contribution >= 0.6 is 34.8 Å². The number of ether oxygens (including phenoxy) is 1. The Morgan fingerprint density at radius 2 is 1.54 bits per heavy atom. The van der Waals surface area contributed by atoms with E-state index in [1.165, 1.54) is 25.3 Å². The summed E-state index contributed by atoms with van der Waals surface area (Å²) in [7, 11) is 1.31. The second-order valence-corrected chi connectivity index (χ2v) is 11.2. The van der Waals surface area contributed by atoms with Crippen molar-refractivity contribution in [3.8, 4) is 11.3 Å². The van der Waals surface area contributed by atoms with Crippen molar-refractivity contribution in [2.45, 2.75) is 38.1 Å². The van der Waals surface area contributed by atoms with Crippen LogP contribution in [-0.2, 0) is 9.53 Å². The molecule has 0 radical (unpaired) electrons. The first-order valence-electron chi connectivity index (χ1n) is 13.2. The molecule has 4 aromatic rings. The number of halogens is 3. The average molecular weight is 614 g/mol. The van der Waals surface area contributed by atoms with Crippen LogP contribution in [0.25, 0.3) is 22.1 Å². The fraction of sp³-hybridized carbons (Fsp3) is 0.258. The topological polar surface area (TPSA) is 97.6 Å². The van der Waals surface area contributed by atoms with Crippen LogP contribution in [0.4, 0.5) is 5.69 Å². The van der Waals surface area contributed by atoms with Gasteiger partial charge in [-0.25, -0.2) is 4.79 Å². The molecule has 0 saturated heterocycles. The van der Waals surface area contributed by atoms with Gasteiger partial charge in [0.2, 0.25) is 0 Å². The molecular weight excluding hydrogens is 587 g/mol. The Kier molecular flexibility index (Phi) is 8.88. The van der Waals surface area contributed by atoms with Crippen LogP contribution in [0.5, 0.6) is 0 Å². The number of furan rings is 1. The van der Waals surface area contributed by atoms with Crippen LogP contribution < -0.4 is 10.6 Å². The molecule has 7 nitrogen and oxygen atoms in total. The highest BCUT2D eigenvalue weighted by atomic mass is 35.5. The third-order valence-electron chi connectivity index (χ3n) is 7.32. The normalized spacial score (nSPS) is 14.4. The molecule has 41 heavy (non-hydrogen) atoms. The van der Waals surface area contributed by atoms with E-state index in [1.807, 2.05) is 24.3 Å². The van der Waals surface area contributed by atoms with Gasteiger partial charge in [-0.2, -0.15) is 0 Å². The van der Waals surface area contributed by atoms with Gasteiger partial charge < -0.3 is 19.8 Å². The van der Waals surface area contributed by atoms with Gasteiger partial charge in [-0.15, -0.1) is 0 Å². The third-order valence-corrected chi connectivity index (χ3v) is 8.14. The van der Waals surface area contributed by atoms with Crippen LogP contribution in [-0.4, -0.2) is 30.9 Å². The highest BCUT2D eigenvalue weighted by Gasteiger charge is 2.32. The van der Waals surface area contributed by atoms with E-state index in [0.717, 1.165) is 42.9 Å². The minimum atomic E-state index is -0.788. The molecule has 5 rings (SSSR count). The van der Waals surface area contributed by atoms with Gasteiger partial charge in [-0.1, -0.05) is 78.3 Å². The summed E-state index contributed by atoms with van der Waals surface area (Å²) in [5.74, 6) is -1.32. The number of nitrogens with one attached hydrogen (secondary N) is 2. The first-order valence-corrected chi connectivity index (χ1v) is 14.4. The van der Waals surface area contributed by atoms with E-state index < -0.39 is 23.8 Å². The second kappa shape index (κ2) is 12.6. The number of esters is 1. The number of hydrogen-bond donors (Lipinski definition) is 2. The zero-order valence-electron chi connectivity index (χ0n) is 22.1. The van der Waals surface area contributed by atoms with Crippen molar-refractivity contribution in [1.29, 1.82) is 0 Å². The summed E-state index contributed by atoms with van der Waals surface area (Å²) >= 11 is 18.7. The van der Waals surface area contributed by atoms with Crippen molar-refractivity contribution in [1.82, 2.24) is 5.32 Å². The highest BCUT2D eigenvalue weighted by molar-refractivity contribution is 6.41. The number of hydrogen-bond acceptors (Lipinski definition) is 5. The molecule has 1 fully saturated rings. The summed E-state index contributed by atoms with van der Waals surface area (Å²) in [4.78, 5) is 39.7. The standard InChI is InChI=1S/C31H27Cl3N2O5/c1-40-31(39)28(17-7-3-2-4-8-17)36-29(37)21-13-18-9-5-6-10-19(18)14-24(21)35-30(38)26-12-11-25(41-26)27-22(33)15-20(32)16-23(27)34/h5-6,9-17,28H,2-4,7-8H2,1H3,(H,35,38)(H,36,37)/t28-/m0/s1. The molecule has 2 amide bonds. The van der Waals surface area contributed by atoms with E-state index in [9.17, 15) is 14.4 Å². The van der Waals surface area contributed by atoms with E-state index in [0.29, 0.717) is 10.6 Å². The van der Waals surface area contributed by atoms with Crippen molar-refractivity contribution < 1.29 is 23.5 Å². The number of anilines is 1. The lowest BCUT2D eigenvalue weighted by Crippen LogP contribution is -2.47. The maximum Gasteiger partial charge on any atom is 0.328 e. The van der Waals surface area contributed by atoms with E-state index in [1.54, 1.807) is 18.2 Å². The summed E-state index contributed by atoms with van der Waals surface area (Å²) in [6.07, 6.45) is 4.73. The Bertz CT molecular complexity index is 1600. The minimum Gasteiger partial charge on any atom is -0.467 e. The predicted molar refractivity (Wildman–Crippen MR) is 161 cm³/mol. The summed E-state index contributed by atoms with van der Waals surface area (Å²) in [5, 5.41) is 8.22. The Labute approximate surface area is 252 Å². The van der Waals surface area contributed by atoms with Gasteiger partial charge in [0.05, 0.1) is 34.0 Å². The molecule has 212 valence electrons. The molecular formula is C31H27Cl3N2O5. The Balaban J connectivity index is 1.45. The maximum atomic E-state index is 13.7. The van der Waals surface area contributed by atoms with Crippen LogP contribution in [0, 0.1) is 5.92 Å². The third kappa shape index (κ3) is 6.38. The number of methoxy groups -OCH3 is 1. The lowest BCUT2D eigenvalue weighted by molar-refractivity contribution is -0.144. The number of rotatable bonds is 7. The fourth-order valence-electron chi connectivity index (χ4n) is 5.27. The average Bonchev–Trinajstić information content (AvgIpc) is 3.45. The number of carbonyl (C=O) groups is 3. The number of amides is 2. The number of fused-ring (bicyclic) bond motifs is 1. The van der Waals surface area contributed by atoms with Crippen molar-refractivity contribution >= 4 is 69.0 Å². The molecule has 1 atom stereocenters. The SMILES string of the molecule is COC(=O)[C@@H](NC(=O)c1cc2ccccc2cc1NC(=O)c1ccc(-c2c(Cl)cc(Cl)cc2Cl)o1)C1CCCCC1. The molecule has 2 N–H and O–H groups in total. The quantitative estimate of drug-likeness (QED) is 0.205. The molecule has 0 bridgehead atoms. The lowest BCUT2D eigenvalue weighted by atomic mass is 9.83. The molecule has 1 heterocycles. The molecule has 0 unspecified atom stereocenters. The number of benzene rings is 3. The Morgan fingerprint density at radius 3 is 2.20 bits per heavy atom. The van der Waals surface area contributed by atoms with Gasteiger partial charge in [0.15, 0.2) is 5.76 Å². The molecule has 0 spiro atoms. The smallest absolute Gasteiger partial charge is 0.328 e. The Morgan fingerprint density at radius 1 is 0.878 bits per heavy atom. The molecule has 1 aliphatic rings. The summed E-state index contributed by atoms with van der Waals surface area (Å²) in [6, 6.07) is 16.2. The van der Waals surface area contributed by atoms with Crippen molar-refractivity contribution in [3.05, 3.63) is 87.1 Å². The second-order valence-electron chi connectivity index (χ2n) is 9.98. The van der Waals surface area contributed by atoms with Crippen LogP contribution in [0.2, 0.25) is 15.1 Å². The van der Waals surface area contributed by atoms with Gasteiger partial charge in [-0.05, 0) is 65.9 Å². The van der Waals surface area contributed by atoms with Crippen LogP contribution in [0.1, 0.15) is 53.0 Å². The number of carbonyl (C=O) groups excluding carboxylic acids is 3. The van der Waals surface area contributed by atoms with Crippen LogP contribution in [0.3, 0.4) is 0 Å². The van der Waals surface area contributed by atoms with Crippen LogP contribution in [0.15, 0.2) is 65.1 Å². The highest BCUT2D eigenvalue weighted by Crippen LogP contribution is 2.38.